The van der Waals surface area contributed by atoms with Crippen LogP contribution in [0.4, 0.5) is 9.59 Å². The lowest BCUT2D eigenvalue weighted by Gasteiger charge is -2.52. The number of nitrogens with zero attached hydrogens (tertiary/aromatic N) is 2. The lowest BCUT2D eigenvalue weighted by atomic mass is 9.52. The van der Waals surface area contributed by atoms with Gasteiger partial charge in [-0.25, -0.2) is 9.59 Å². The number of nitrogens with one attached hydrogen (secondary N) is 1. The molecule has 2 spiro atoms. The first-order valence-corrected chi connectivity index (χ1v) is 9.23. The zero-order valence-corrected chi connectivity index (χ0v) is 14.9. The molecule has 1 N–H and O–H groups in total. The molecule has 3 heterocycles. The van der Waals surface area contributed by atoms with Crippen LogP contribution in [0.3, 0.4) is 0 Å². The molecule has 0 atom stereocenters. The molecule has 10 heteroatoms. The van der Waals surface area contributed by atoms with Gasteiger partial charge in [0.25, 0.3) is 0 Å². The predicted molar refractivity (Wildman–Crippen MR) is 96.1 cm³/mol. The van der Waals surface area contributed by atoms with Gasteiger partial charge in [0.2, 0.25) is 0 Å². The molecule has 3 aliphatic heterocycles. The number of alkyl carbamates (subject to hydrolysis) is 1. The minimum atomic E-state index is -1.93. The third-order valence-electron chi connectivity index (χ3n) is 6.39. The molecule has 6 radical (unpaired) electrons. The third-order valence-corrected chi connectivity index (χ3v) is 6.39. The van der Waals surface area contributed by atoms with Gasteiger partial charge in [-0.2, -0.15) is 0 Å². The minimum Gasteiger partial charge on any atom is -0.473 e. The Morgan fingerprint density at radius 1 is 1.19 bits per heavy atom. The number of likely N-dealkylation sites (tertiary alicyclic amines) is 2. The van der Waals surface area contributed by atoms with Crippen LogP contribution in [0.1, 0.15) is 32.1 Å². The number of carbonyl (C=O) groups is 2. The fourth-order valence-electron chi connectivity index (χ4n) is 4.92. The summed E-state index contributed by atoms with van der Waals surface area (Å²) < 4.78 is 10.3. The van der Waals surface area contributed by atoms with Crippen molar-refractivity contribution in [2.24, 2.45) is 5.41 Å². The fourth-order valence-corrected chi connectivity index (χ4v) is 4.92. The van der Waals surface area contributed by atoms with E-state index in [-0.39, 0.29) is 17.1 Å². The maximum Gasteiger partial charge on any atom is 0.408 e. The number of carbonyl (C=O) groups excluding carboxylic acids is 2. The van der Waals surface area contributed by atoms with E-state index in [1.54, 1.807) is 4.90 Å². The molecule has 2 amide bonds. The zero-order chi connectivity index (χ0) is 18.6. The van der Waals surface area contributed by atoms with E-state index in [2.05, 4.69) is 10.2 Å². The third kappa shape index (κ3) is 3.44. The lowest BCUT2D eigenvalue weighted by Crippen LogP contribution is -2.57. The Bertz CT molecular complexity index is 598. The standard InChI is InChI=1S/C16H22B3N3O4/c17-16(18,19)26-13(24)22-4-1-14(10-22)7-11(8-14)21-5-2-15(3-6-21)9-20-12(23)25-15/h11H,1-10H2,(H,20,23). The van der Waals surface area contributed by atoms with Crippen molar-refractivity contribution in [3.63, 3.8) is 0 Å². The van der Waals surface area contributed by atoms with Crippen molar-refractivity contribution in [1.82, 2.24) is 15.1 Å². The number of rotatable bonds is 2. The van der Waals surface area contributed by atoms with Crippen LogP contribution in [0.5, 0.6) is 0 Å². The number of piperidine rings is 1. The van der Waals surface area contributed by atoms with E-state index in [9.17, 15) is 9.59 Å². The molecule has 26 heavy (non-hydrogen) atoms. The van der Waals surface area contributed by atoms with Crippen molar-refractivity contribution in [3.8, 4) is 0 Å². The number of hydrogen-bond acceptors (Lipinski definition) is 5. The van der Waals surface area contributed by atoms with Gasteiger partial charge in [-0.05, 0) is 30.0 Å². The first-order valence-electron chi connectivity index (χ1n) is 9.23. The highest BCUT2D eigenvalue weighted by atomic mass is 16.6. The summed E-state index contributed by atoms with van der Waals surface area (Å²) in [6.45, 7) is 3.81. The van der Waals surface area contributed by atoms with Gasteiger partial charge in [0, 0.05) is 45.1 Å². The molecule has 3 saturated heterocycles. The molecule has 0 aromatic rings. The van der Waals surface area contributed by atoms with Crippen molar-refractivity contribution in [3.05, 3.63) is 0 Å². The highest BCUT2D eigenvalue weighted by molar-refractivity contribution is 6.58. The van der Waals surface area contributed by atoms with Gasteiger partial charge in [-0.3, -0.25) is 0 Å². The largest absolute Gasteiger partial charge is 0.473 e. The summed E-state index contributed by atoms with van der Waals surface area (Å²) in [4.78, 5) is 27.5. The van der Waals surface area contributed by atoms with Crippen LogP contribution >= 0.6 is 0 Å². The van der Waals surface area contributed by atoms with E-state index in [0.717, 1.165) is 45.2 Å². The Balaban J connectivity index is 1.25. The first-order chi connectivity index (χ1) is 12.2. The summed E-state index contributed by atoms with van der Waals surface area (Å²) in [5.41, 5.74) is -0.136. The predicted octanol–water partition coefficient (Wildman–Crippen LogP) is -0.331. The van der Waals surface area contributed by atoms with E-state index in [0.29, 0.717) is 25.7 Å². The molecule has 1 aliphatic carbocycles. The van der Waals surface area contributed by atoms with Crippen LogP contribution in [-0.4, -0.2) is 95.2 Å². The van der Waals surface area contributed by atoms with Crippen LogP contribution in [0.15, 0.2) is 0 Å². The highest BCUT2D eigenvalue weighted by Crippen LogP contribution is 2.51. The minimum absolute atomic E-state index is 0.167. The molecular weight excluding hydrogens is 331 g/mol. The smallest absolute Gasteiger partial charge is 0.408 e. The number of ether oxygens (including phenoxy) is 2. The normalized spacial score (nSPS) is 33.8. The van der Waals surface area contributed by atoms with Crippen molar-refractivity contribution < 1.29 is 19.1 Å². The van der Waals surface area contributed by atoms with Crippen LogP contribution in [0, 0.1) is 5.41 Å². The maximum absolute atomic E-state index is 12.0. The Morgan fingerprint density at radius 3 is 2.46 bits per heavy atom. The van der Waals surface area contributed by atoms with Gasteiger partial charge in [0.05, 0.1) is 6.54 Å². The lowest BCUT2D eigenvalue weighted by molar-refractivity contribution is -0.0507. The van der Waals surface area contributed by atoms with Gasteiger partial charge in [-0.1, -0.05) is 0 Å². The van der Waals surface area contributed by atoms with Gasteiger partial charge in [-0.15, -0.1) is 0 Å². The molecule has 0 bridgehead atoms. The second kappa shape index (κ2) is 6.11. The topological polar surface area (TPSA) is 71.1 Å². The summed E-state index contributed by atoms with van der Waals surface area (Å²) in [6, 6.07) is 0.533. The van der Waals surface area contributed by atoms with Crippen LogP contribution in [0.2, 0.25) is 0 Å². The Labute approximate surface area is 157 Å². The number of hydrogen-bond donors (Lipinski definition) is 1. The molecule has 0 aromatic heterocycles. The molecule has 4 fully saturated rings. The second-order valence-corrected chi connectivity index (χ2v) is 8.42. The van der Waals surface area contributed by atoms with Crippen LogP contribution < -0.4 is 5.32 Å². The molecule has 7 nitrogen and oxygen atoms in total. The SMILES string of the molecule is [B]C([B])([B])OC(=O)N1CCC2(CC(N3CCC4(CC3)CNC(=O)O4)C2)C1. The fraction of sp³-hybridized carbons (Fsp3) is 0.875. The molecule has 4 aliphatic rings. The Hall–Kier alpha value is -1.31. The monoisotopic (exact) mass is 353 g/mol. The Kier molecular flexibility index (Phi) is 4.25. The van der Waals surface area contributed by atoms with Gasteiger partial charge in [0.15, 0.2) is 0 Å². The van der Waals surface area contributed by atoms with Gasteiger partial charge >= 0.3 is 12.2 Å². The number of amides is 2. The van der Waals surface area contributed by atoms with E-state index in [1.807, 2.05) is 0 Å². The van der Waals surface area contributed by atoms with E-state index < -0.39 is 11.4 Å². The second-order valence-electron chi connectivity index (χ2n) is 8.42. The van der Waals surface area contributed by atoms with Crippen molar-refractivity contribution >= 4 is 35.7 Å². The summed E-state index contributed by atoms with van der Waals surface area (Å²) in [5.74, 6) is 0. The van der Waals surface area contributed by atoms with Crippen LogP contribution in [-0.2, 0) is 9.47 Å². The molecule has 134 valence electrons. The van der Waals surface area contributed by atoms with Crippen molar-refractivity contribution in [2.45, 2.75) is 49.0 Å². The maximum atomic E-state index is 12.0. The van der Waals surface area contributed by atoms with Crippen molar-refractivity contribution in [1.29, 1.82) is 0 Å². The summed E-state index contributed by atoms with van der Waals surface area (Å²) >= 11 is 0. The first kappa shape index (κ1) is 18.1. The molecule has 4 rings (SSSR count). The zero-order valence-electron chi connectivity index (χ0n) is 14.9. The van der Waals surface area contributed by atoms with Gasteiger partial charge in [0.1, 0.15) is 29.1 Å². The molecular formula is C16H22B3N3O4. The molecule has 0 unspecified atom stereocenters. The highest BCUT2D eigenvalue weighted by Gasteiger charge is 2.53. The average Bonchev–Trinajstić information content (AvgIpc) is 3.10. The van der Waals surface area contributed by atoms with E-state index in [1.165, 1.54) is 0 Å². The van der Waals surface area contributed by atoms with Crippen molar-refractivity contribution in [2.75, 3.05) is 32.7 Å². The van der Waals surface area contributed by atoms with E-state index in [4.69, 9.17) is 33.0 Å². The molecule has 0 aromatic carbocycles. The van der Waals surface area contributed by atoms with Crippen LogP contribution in [0.25, 0.3) is 0 Å². The van der Waals surface area contributed by atoms with E-state index >= 15 is 0 Å². The summed E-state index contributed by atoms with van der Waals surface area (Å²) in [5, 5.41) is 0.834. The average molecular weight is 353 g/mol. The molecule has 1 saturated carbocycles. The Morgan fingerprint density at radius 2 is 1.88 bits per heavy atom. The summed E-state index contributed by atoms with van der Waals surface area (Å²) in [6.07, 6.45) is 4.01. The van der Waals surface area contributed by atoms with Gasteiger partial charge < -0.3 is 24.6 Å². The summed E-state index contributed by atoms with van der Waals surface area (Å²) in [7, 11) is 16.0. The quantitative estimate of drug-likeness (QED) is 0.689.